The Balaban J connectivity index is 1.68. The van der Waals surface area contributed by atoms with Crippen LogP contribution in [0.25, 0.3) is 0 Å². The van der Waals surface area contributed by atoms with Gasteiger partial charge in [-0.1, -0.05) is 0 Å². The van der Waals surface area contributed by atoms with Crippen LogP contribution in [-0.2, 0) is 11.2 Å². The summed E-state index contributed by atoms with van der Waals surface area (Å²) in [6.07, 6.45) is -0.256. The molecule has 6 heteroatoms. The van der Waals surface area contributed by atoms with Crippen LogP contribution in [0.4, 0.5) is 14.5 Å². The van der Waals surface area contributed by atoms with Crippen LogP contribution < -0.4 is 10.1 Å². The number of aliphatic hydroxyl groups is 1. The van der Waals surface area contributed by atoms with Crippen molar-refractivity contribution in [3.05, 3.63) is 59.2 Å². The molecule has 0 spiro atoms. The molecule has 4 nitrogen and oxygen atoms in total. The van der Waals surface area contributed by atoms with Crippen LogP contribution in [0.5, 0.6) is 5.75 Å². The van der Waals surface area contributed by atoms with Crippen LogP contribution in [0.15, 0.2) is 36.4 Å². The maximum atomic E-state index is 13.6. The number of halogens is 2. The van der Waals surface area contributed by atoms with E-state index in [0.717, 1.165) is 29.4 Å². The fraction of sp³-hybridized carbons (Fsp3) is 0.235. The molecule has 0 aliphatic carbocycles. The summed E-state index contributed by atoms with van der Waals surface area (Å²) in [5.41, 5.74) is 1.54. The van der Waals surface area contributed by atoms with Gasteiger partial charge in [-0.15, -0.1) is 0 Å². The lowest BCUT2D eigenvalue weighted by Gasteiger charge is -2.18. The van der Waals surface area contributed by atoms with E-state index in [1.165, 1.54) is 0 Å². The molecule has 3 rings (SSSR count). The Hall–Kier alpha value is -2.47. The van der Waals surface area contributed by atoms with Gasteiger partial charge in [-0.05, 0) is 48.4 Å². The van der Waals surface area contributed by atoms with E-state index in [9.17, 15) is 18.7 Å². The van der Waals surface area contributed by atoms with Gasteiger partial charge in [0, 0.05) is 17.7 Å². The molecule has 120 valence electrons. The summed E-state index contributed by atoms with van der Waals surface area (Å²) in [6, 6.07) is 8.05. The van der Waals surface area contributed by atoms with Crippen LogP contribution in [-0.4, -0.2) is 17.6 Å². The molecule has 0 bridgehead atoms. The standard InChI is InChI=1S/C17H15F2NO3/c18-11-2-4-14(19)13(8-11)16(21)9-23-12-3-5-15-10(7-12)1-6-17(22)20-15/h2-5,7-8,16,21H,1,6,9H2,(H,20,22). The number of aliphatic hydroxyl groups excluding tert-OH is 1. The number of hydrogen-bond acceptors (Lipinski definition) is 3. The van der Waals surface area contributed by atoms with Gasteiger partial charge in [0.1, 0.15) is 30.1 Å². The Labute approximate surface area is 131 Å². The quantitative estimate of drug-likeness (QED) is 0.911. The lowest BCUT2D eigenvalue weighted by molar-refractivity contribution is -0.116. The lowest BCUT2D eigenvalue weighted by Crippen LogP contribution is -2.19. The Kier molecular flexibility index (Phi) is 4.25. The third-order valence-electron chi connectivity index (χ3n) is 3.70. The van der Waals surface area contributed by atoms with Gasteiger partial charge in [0.05, 0.1) is 0 Å². The second-order valence-corrected chi connectivity index (χ2v) is 5.36. The molecule has 1 heterocycles. The van der Waals surface area contributed by atoms with Crippen LogP contribution in [0.3, 0.4) is 0 Å². The van der Waals surface area contributed by atoms with Gasteiger partial charge in [-0.25, -0.2) is 8.78 Å². The number of amides is 1. The number of ether oxygens (including phenoxy) is 1. The van der Waals surface area contributed by atoms with Gasteiger partial charge >= 0.3 is 0 Å². The number of rotatable bonds is 4. The van der Waals surface area contributed by atoms with Gasteiger partial charge < -0.3 is 15.2 Å². The molecular formula is C17H15F2NO3. The Bertz CT molecular complexity index is 749. The summed E-state index contributed by atoms with van der Waals surface area (Å²) < 4.78 is 32.2. The molecule has 1 aliphatic heterocycles. The van der Waals surface area contributed by atoms with Crippen molar-refractivity contribution < 1.29 is 23.4 Å². The molecule has 0 saturated heterocycles. The lowest BCUT2D eigenvalue weighted by atomic mass is 10.0. The van der Waals surface area contributed by atoms with E-state index in [0.29, 0.717) is 18.6 Å². The third-order valence-corrected chi connectivity index (χ3v) is 3.70. The number of anilines is 1. The molecule has 2 aromatic rings. The Morgan fingerprint density at radius 2 is 2.00 bits per heavy atom. The summed E-state index contributed by atoms with van der Waals surface area (Å²) in [4.78, 5) is 11.3. The average molecular weight is 319 g/mol. The number of carbonyl (C=O) groups excluding carboxylic acids is 1. The summed E-state index contributed by atoms with van der Waals surface area (Å²) in [7, 11) is 0. The van der Waals surface area contributed by atoms with Crippen molar-refractivity contribution in [2.24, 2.45) is 0 Å². The van der Waals surface area contributed by atoms with E-state index in [2.05, 4.69) is 5.32 Å². The molecule has 1 atom stereocenters. The Morgan fingerprint density at radius 1 is 1.17 bits per heavy atom. The topological polar surface area (TPSA) is 58.6 Å². The smallest absolute Gasteiger partial charge is 0.224 e. The van der Waals surface area contributed by atoms with Crippen molar-refractivity contribution in [1.29, 1.82) is 0 Å². The van der Waals surface area contributed by atoms with E-state index in [4.69, 9.17) is 4.74 Å². The number of fused-ring (bicyclic) bond motifs is 1. The highest BCUT2D eigenvalue weighted by molar-refractivity contribution is 5.93. The number of carbonyl (C=O) groups is 1. The minimum absolute atomic E-state index is 0.0248. The van der Waals surface area contributed by atoms with E-state index < -0.39 is 17.7 Å². The first-order valence-corrected chi connectivity index (χ1v) is 7.21. The highest BCUT2D eigenvalue weighted by Gasteiger charge is 2.17. The summed E-state index contributed by atoms with van der Waals surface area (Å²) in [5.74, 6) is -0.834. The van der Waals surface area contributed by atoms with Crippen molar-refractivity contribution in [3.63, 3.8) is 0 Å². The van der Waals surface area contributed by atoms with Gasteiger partial charge in [0.15, 0.2) is 0 Å². The average Bonchev–Trinajstić information content (AvgIpc) is 2.54. The summed E-state index contributed by atoms with van der Waals surface area (Å²) in [5, 5.41) is 12.7. The predicted molar refractivity (Wildman–Crippen MR) is 80.2 cm³/mol. The molecular weight excluding hydrogens is 304 g/mol. The number of hydrogen-bond donors (Lipinski definition) is 2. The van der Waals surface area contributed by atoms with Crippen molar-refractivity contribution in [2.75, 3.05) is 11.9 Å². The van der Waals surface area contributed by atoms with Crippen LogP contribution in [0.1, 0.15) is 23.7 Å². The van der Waals surface area contributed by atoms with Crippen LogP contribution >= 0.6 is 0 Å². The number of benzene rings is 2. The van der Waals surface area contributed by atoms with Crippen molar-refractivity contribution in [3.8, 4) is 5.75 Å². The van der Waals surface area contributed by atoms with E-state index >= 15 is 0 Å². The molecule has 23 heavy (non-hydrogen) atoms. The monoisotopic (exact) mass is 319 g/mol. The molecule has 1 amide bonds. The maximum Gasteiger partial charge on any atom is 0.224 e. The predicted octanol–water partition coefficient (Wildman–Crippen LogP) is 2.96. The van der Waals surface area contributed by atoms with Gasteiger partial charge in [-0.3, -0.25) is 4.79 Å². The summed E-state index contributed by atoms with van der Waals surface area (Å²) in [6.45, 7) is -0.203. The second kappa shape index (κ2) is 6.34. The fourth-order valence-electron chi connectivity index (χ4n) is 2.48. The molecule has 1 aliphatic rings. The van der Waals surface area contributed by atoms with Crippen molar-refractivity contribution >= 4 is 11.6 Å². The van der Waals surface area contributed by atoms with Crippen LogP contribution in [0.2, 0.25) is 0 Å². The minimum atomic E-state index is -1.28. The molecule has 2 aromatic carbocycles. The zero-order valence-electron chi connectivity index (χ0n) is 12.2. The zero-order valence-corrected chi connectivity index (χ0v) is 12.2. The minimum Gasteiger partial charge on any atom is -0.491 e. The van der Waals surface area contributed by atoms with Gasteiger partial charge in [-0.2, -0.15) is 0 Å². The highest BCUT2D eigenvalue weighted by atomic mass is 19.1. The Morgan fingerprint density at radius 3 is 2.83 bits per heavy atom. The van der Waals surface area contributed by atoms with Gasteiger partial charge in [0.25, 0.3) is 0 Å². The number of nitrogens with one attached hydrogen (secondary N) is 1. The van der Waals surface area contributed by atoms with Crippen molar-refractivity contribution in [2.45, 2.75) is 18.9 Å². The van der Waals surface area contributed by atoms with Crippen molar-refractivity contribution in [1.82, 2.24) is 0 Å². The van der Waals surface area contributed by atoms with E-state index in [1.54, 1.807) is 18.2 Å². The maximum absolute atomic E-state index is 13.6. The number of aryl methyl sites for hydroxylation is 1. The fourth-order valence-corrected chi connectivity index (χ4v) is 2.48. The molecule has 0 aromatic heterocycles. The SMILES string of the molecule is O=C1CCc2cc(OCC(O)c3cc(F)ccc3F)ccc2N1. The normalized spacial score (nSPS) is 14.8. The van der Waals surface area contributed by atoms with Crippen LogP contribution in [0, 0.1) is 11.6 Å². The molecule has 0 saturated carbocycles. The first-order valence-electron chi connectivity index (χ1n) is 7.21. The highest BCUT2D eigenvalue weighted by Crippen LogP contribution is 2.27. The molecule has 0 fully saturated rings. The molecule has 2 N–H and O–H groups in total. The first kappa shape index (κ1) is 15.4. The van der Waals surface area contributed by atoms with Gasteiger partial charge in [0.2, 0.25) is 5.91 Å². The van der Waals surface area contributed by atoms with E-state index in [1.807, 2.05) is 0 Å². The van der Waals surface area contributed by atoms with E-state index in [-0.39, 0.29) is 18.1 Å². The largest absolute Gasteiger partial charge is 0.491 e. The zero-order chi connectivity index (χ0) is 16.4. The first-order chi connectivity index (χ1) is 11.0. The molecule has 1 unspecified atom stereocenters. The summed E-state index contributed by atoms with van der Waals surface area (Å²) >= 11 is 0. The third kappa shape index (κ3) is 3.48. The second-order valence-electron chi connectivity index (χ2n) is 5.36. The molecule has 0 radical (unpaired) electrons.